The normalized spacial score (nSPS) is 11.3. The molecule has 0 unspecified atom stereocenters. The molecule has 0 radical (unpaired) electrons. The third-order valence-electron chi connectivity index (χ3n) is 3.08. The Bertz CT molecular complexity index is 571. The molecule has 0 atom stereocenters. The van der Waals surface area contributed by atoms with E-state index in [2.05, 4.69) is 13.0 Å². The van der Waals surface area contributed by atoms with E-state index in [1.54, 1.807) is 11.3 Å². The summed E-state index contributed by atoms with van der Waals surface area (Å²) in [7, 11) is 0. The largest absolute Gasteiger partial charge is 0.477 e. The fourth-order valence-electron chi connectivity index (χ4n) is 2.07. The highest BCUT2D eigenvalue weighted by Gasteiger charge is 2.18. The van der Waals surface area contributed by atoms with Crippen LogP contribution in [-0.2, 0) is 6.42 Å². The molecule has 0 saturated heterocycles. The maximum absolute atomic E-state index is 11.0. The van der Waals surface area contributed by atoms with Crippen molar-refractivity contribution in [3.8, 4) is 0 Å². The number of aromatic carboxylic acids is 1. The van der Waals surface area contributed by atoms with E-state index in [1.165, 1.54) is 48.3 Å². The molecule has 2 rings (SSSR count). The number of aryl methyl sites for hydroxylation is 1. The molecule has 0 amide bonds. The number of fused-ring (bicyclic) bond motifs is 1. The molecule has 1 N–H and O–H groups in total. The molecule has 19 heavy (non-hydrogen) atoms. The molecule has 0 bridgehead atoms. The van der Waals surface area contributed by atoms with Crippen LogP contribution in [0.25, 0.3) is 9.40 Å². The van der Waals surface area contributed by atoms with Gasteiger partial charge in [0.05, 0.1) is 9.72 Å². The molecule has 0 fully saturated rings. The molecule has 2 aromatic rings. The minimum absolute atomic E-state index is 0.261. The van der Waals surface area contributed by atoms with Crippen molar-refractivity contribution in [2.75, 3.05) is 0 Å². The van der Waals surface area contributed by atoms with Gasteiger partial charge in [0.2, 0.25) is 0 Å². The van der Waals surface area contributed by atoms with Crippen LogP contribution in [0.1, 0.15) is 53.6 Å². The minimum atomic E-state index is -0.931. The van der Waals surface area contributed by atoms with Crippen LogP contribution < -0.4 is 0 Å². The summed E-state index contributed by atoms with van der Waals surface area (Å²) in [6.45, 7) is 2.22. The highest BCUT2D eigenvalue weighted by molar-refractivity contribution is 7.29. The summed E-state index contributed by atoms with van der Waals surface area (Å²) in [5.74, 6) is -0.931. The van der Waals surface area contributed by atoms with Crippen LogP contribution in [-0.4, -0.2) is 11.1 Å². The van der Waals surface area contributed by atoms with Gasteiger partial charge in [-0.25, -0.2) is 4.79 Å². The van der Waals surface area contributed by atoms with Gasteiger partial charge >= 0.3 is 5.97 Å². The van der Waals surface area contributed by atoms with E-state index < -0.39 is 5.97 Å². The van der Waals surface area contributed by atoms with Crippen molar-refractivity contribution in [1.82, 2.24) is 0 Å². The highest BCUT2D eigenvalue weighted by Crippen LogP contribution is 2.41. The zero-order valence-electron chi connectivity index (χ0n) is 10.9. The van der Waals surface area contributed by atoms with Gasteiger partial charge in [0.15, 0.2) is 0 Å². The Labute approximate surface area is 126 Å². The van der Waals surface area contributed by atoms with E-state index in [1.807, 2.05) is 0 Å². The first-order valence-corrected chi connectivity index (χ1v) is 8.58. The molecule has 0 spiro atoms. The van der Waals surface area contributed by atoms with E-state index in [9.17, 15) is 4.79 Å². The predicted octanol–water partition coefficient (Wildman–Crippen LogP) is 5.83. The predicted molar refractivity (Wildman–Crippen MR) is 84.1 cm³/mol. The molecule has 0 aliphatic rings. The molecular weight excluding hydrogens is 300 g/mol. The highest BCUT2D eigenvalue weighted by atomic mass is 35.5. The zero-order valence-corrected chi connectivity index (χ0v) is 13.3. The number of hydrogen-bond donors (Lipinski definition) is 1. The maximum Gasteiger partial charge on any atom is 0.347 e. The number of carboxylic acid groups (broad SMARTS) is 1. The van der Waals surface area contributed by atoms with Gasteiger partial charge in [0, 0.05) is 9.58 Å². The van der Waals surface area contributed by atoms with Crippen LogP contribution in [0.5, 0.6) is 0 Å². The molecule has 0 saturated carbocycles. The Morgan fingerprint density at radius 2 is 2.00 bits per heavy atom. The standard InChI is InChI=1S/C14H17ClO2S2/c1-2-3-4-5-6-7-9-8-10-12(18-9)11(15)13(19-10)14(16)17/h8H,2-7H2,1H3,(H,16,17). The van der Waals surface area contributed by atoms with E-state index >= 15 is 0 Å². The molecule has 0 aliphatic heterocycles. The lowest BCUT2D eigenvalue weighted by molar-refractivity contribution is 0.0702. The van der Waals surface area contributed by atoms with Crippen molar-refractivity contribution in [2.45, 2.75) is 45.4 Å². The fourth-order valence-corrected chi connectivity index (χ4v) is 4.86. The van der Waals surface area contributed by atoms with E-state index in [-0.39, 0.29) is 4.88 Å². The fraction of sp³-hybridized carbons (Fsp3) is 0.500. The lowest BCUT2D eigenvalue weighted by Gasteiger charge is -1.98. The van der Waals surface area contributed by atoms with Crippen LogP contribution >= 0.6 is 34.3 Å². The number of halogens is 1. The molecule has 0 aromatic carbocycles. The second-order valence-electron chi connectivity index (χ2n) is 4.62. The van der Waals surface area contributed by atoms with Crippen molar-refractivity contribution in [1.29, 1.82) is 0 Å². The van der Waals surface area contributed by atoms with Gasteiger partial charge in [0.1, 0.15) is 4.88 Å². The van der Waals surface area contributed by atoms with Crippen molar-refractivity contribution >= 4 is 49.6 Å². The molecule has 2 nitrogen and oxygen atoms in total. The molecule has 104 valence electrons. The van der Waals surface area contributed by atoms with Crippen molar-refractivity contribution in [3.05, 3.63) is 20.8 Å². The second kappa shape index (κ2) is 6.73. The van der Waals surface area contributed by atoms with Crippen LogP contribution in [0.2, 0.25) is 5.02 Å². The number of hydrogen-bond acceptors (Lipinski definition) is 3. The number of unbranched alkanes of at least 4 members (excludes halogenated alkanes) is 4. The van der Waals surface area contributed by atoms with E-state index in [0.29, 0.717) is 5.02 Å². The van der Waals surface area contributed by atoms with Gasteiger partial charge < -0.3 is 5.11 Å². The average molecular weight is 317 g/mol. The van der Waals surface area contributed by atoms with E-state index in [0.717, 1.165) is 15.8 Å². The molecule has 2 aromatic heterocycles. The summed E-state index contributed by atoms with van der Waals surface area (Å²) < 4.78 is 1.95. The smallest absolute Gasteiger partial charge is 0.347 e. The summed E-state index contributed by atoms with van der Waals surface area (Å²) in [6, 6.07) is 2.10. The number of rotatable bonds is 7. The summed E-state index contributed by atoms with van der Waals surface area (Å²) in [6.07, 6.45) is 7.44. The SMILES string of the molecule is CCCCCCCc1cc2sc(C(=O)O)c(Cl)c2s1. The second-order valence-corrected chi connectivity index (χ2v) is 7.19. The first kappa shape index (κ1) is 14.8. The maximum atomic E-state index is 11.0. The van der Waals surface area contributed by atoms with Crippen molar-refractivity contribution in [2.24, 2.45) is 0 Å². The number of carboxylic acids is 1. The van der Waals surface area contributed by atoms with E-state index in [4.69, 9.17) is 16.7 Å². The number of thiophene rings is 2. The monoisotopic (exact) mass is 316 g/mol. The van der Waals surface area contributed by atoms with Crippen LogP contribution in [0, 0.1) is 0 Å². The zero-order chi connectivity index (χ0) is 13.8. The Balaban J connectivity index is 2.00. The van der Waals surface area contributed by atoms with Gasteiger partial charge in [-0.2, -0.15) is 0 Å². The summed E-state index contributed by atoms with van der Waals surface area (Å²) in [5.41, 5.74) is 0. The molecule has 5 heteroatoms. The number of carbonyl (C=O) groups is 1. The van der Waals surface area contributed by atoms with Crippen LogP contribution in [0.3, 0.4) is 0 Å². The minimum Gasteiger partial charge on any atom is -0.477 e. The summed E-state index contributed by atoms with van der Waals surface area (Å²) in [4.78, 5) is 12.6. The molecule has 2 heterocycles. The third-order valence-corrected chi connectivity index (χ3v) is 6.15. The summed E-state index contributed by atoms with van der Waals surface area (Å²) in [5, 5.41) is 9.42. The average Bonchev–Trinajstić information content (AvgIpc) is 2.89. The lowest BCUT2D eigenvalue weighted by atomic mass is 10.1. The van der Waals surface area contributed by atoms with Crippen molar-refractivity contribution < 1.29 is 9.90 Å². The van der Waals surface area contributed by atoms with Crippen molar-refractivity contribution in [3.63, 3.8) is 0 Å². The first-order chi connectivity index (χ1) is 9.13. The third kappa shape index (κ3) is 3.50. The topological polar surface area (TPSA) is 37.3 Å². The van der Waals surface area contributed by atoms with Gasteiger partial charge in [0.25, 0.3) is 0 Å². The van der Waals surface area contributed by atoms with Crippen LogP contribution in [0.15, 0.2) is 6.07 Å². The Kier molecular flexibility index (Phi) is 5.25. The molecular formula is C14H17ClO2S2. The quantitative estimate of drug-likeness (QED) is 0.653. The van der Waals surface area contributed by atoms with Crippen LogP contribution in [0.4, 0.5) is 0 Å². The molecule has 0 aliphatic carbocycles. The lowest BCUT2D eigenvalue weighted by Crippen LogP contribution is -1.91. The van der Waals surface area contributed by atoms with Gasteiger partial charge in [-0.3, -0.25) is 0 Å². The first-order valence-electron chi connectivity index (χ1n) is 6.57. The summed E-state index contributed by atoms with van der Waals surface area (Å²) >= 11 is 9.03. The van der Waals surface area contributed by atoms with Gasteiger partial charge in [-0.15, -0.1) is 22.7 Å². The Hall–Kier alpha value is -0.580. The Morgan fingerprint density at radius 1 is 1.26 bits per heavy atom. The van der Waals surface area contributed by atoms with Gasteiger partial charge in [-0.1, -0.05) is 44.2 Å². The van der Waals surface area contributed by atoms with Gasteiger partial charge in [-0.05, 0) is 18.9 Å². The Morgan fingerprint density at radius 3 is 2.63 bits per heavy atom.